The molecule has 0 saturated carbocycles. The number of nitrogens with one attached hydrogen (secondary N) is 1. The normalized spacial score (nSPS) is 20.5. The van der Waals surface area contributed by atoms with Gasteiger partial charge in [-0.05, 0) is 14.1 Å². The molecule has 2 unspecified atom stereocenters. The van der Waals surface area contributed by atoms with Gasteiger partial charge in [0.05, 0.1) is 11.1 Å². The van der Waals surface area contributed by atoms with Crippen molar-refractivity contribution in [1.29, 1.82) is 0 Å². The Kier molecular flexibility index (Phi) is 6.70. The van der Waals surface area contributed by atoms with Crippen molar-refractivity contribution in [2.24, 2.45) is 0 Å². The van der Waals surface area contributed by atoms with Crippen LogP contribution in [0, 0.1) is 0 Å². The van der Waals surface area contributed by atoms with Gasteiger partial charge in [-0.2, -0.15) is 0 Å². The van der Waals surface area contributed by atoms with Crippen LogP contribution < -0.4 is 5.32 Å². The minimum Gasteiger partial charge on any atom is -0.507 e. The van der Waals surface area contributed by atoms with E-state index >= 15 is 0 Å². The summed E-state index contributed by atoms with van der Waals surface area (Å²) >= 11 is 0. The number of aliphatic hydroxyl groups is 1. The first-order chi connectivity index (χ1) is 17.0. The molecule has 36 heavy (non-hydrogen) atoms. The Bertz CT molecular complexity index is 1290. The lowest BCUT2D eigenvalue weighted by Crippen LogP contribution is -2.50. The lowest BCUT2D eigenvalue weighted by Gasteiger charge is -2.39. The molecule has 0 amide bonds. The lowest BCUT2D eigenvalue weighted by molar-refractivity contribution is -0.154. The van der Waals surface area contributed by atoms with Crippen LogP contribution in [0.1, 0.15) is 62.4 Å². The molecule has 0 fully saturated rings. The van der Waals surface area contributed by atoms with Crippen molar-refractivity contribution >= 4 is 23.3 Å². The van der Waals surface area contributed by atoms with Crippen LogP contribution in [0.15, 0.2) is 24.3 Å². The molecular formula is C26H28N2O8. The van der Waals surface area contributed by atoms with Crippen LogP contribution in [0.25, 0.3) is 0 Å². The number of carbonyl (C=O) groups is 4. The fourth-order valence-corrected chi connectivity index (χ4v) is 4.89. The summed E-state index contributed by atoms with van der Waals surface area (Å²) in [6.07, 6.45) is -0.651. The predicted molar refractivity (Wildman–Crippen MR) is 127 cm³/mol. The summed E-state index contributed by atoms with van der Waals surface area (Å²) in [6.45, 7) is 1.43. The van der Waals surface area contributed by atoms with Gasteiger partial charge in [0.25, 0.3) is 0 Å². The maximum absolute atomic E-state index is 13.3. The number of phenolic OH excluding ortho intramolecular Hbond substituents is 2. The van der Waals surface area contributed by atoms with Crippen molar-refractivity contribution < 1.29 is 39.2 Å². The van der Waals surface area contributed by atoms with Gasteiger partial charge in [0.15, 0.2) is 18.2 Å². The van der Waals surface area contributed by atoms with E-state index in [-0.39, 0.29) is 39.8 Å². The molecule has 2 atom stereocenters. The van der Waals surface area contributed by atoms with Crippen LogP contribution in [0.5, 0.6) is 11.5 Å². The summed E-state index contributed by atoms with van der Waals surface area (Å²) in [6, 6.07) is 5.27. The molecule has 2 aromatic carbocycles. The van der Waals surface area contributed by atoms with E-state index in [1.165, 1.54) is 12.1 Å². The Hall–Kier alpha value is -3.60. The summed E-state index contributed by atoms with van der Waals surface area (Å²) < 4.78 is 4.79. The van der Waals surface area contributed by atoms with Gasteiger partial charge in [-0.3, -0.25) is 19.2 Å². The number of ketones is 3. The first-order valence-electron chi connectivity index (χ1n) is 11.5. The molecule has 0 heterocycles. The van der Waals surface area contributed by atoms with Crippen molar-refractivity contribution in [2.45, 2.75) is 31.4 Å². The summed E-state index contributed by atoms with van der Waals surface area (Å²) in [5.74, 6) is -3.76. The standard InChI is InChI=1S/C26H28N2O8/c1-13(29)36-12-18(30)26(35)10-16-19(17(11-26)27-8-9-28(2)3)25(34)21-20(24(16)33)22(31)14-6-4-5-7-15(14)23(21)32/h4-7,17,27,33-35H,8-12H2,1-3H3. The maximum atomic E-state index is 13.3. The smallest absolute Gasteiger partial charge is 0.303 e. The van der Waals surface area contributed by atoms with Crippen molar-refractivity contribution in [3.63, 3.8) is 0 Å². The van der Waals surface area contributed by atoms with E-state index in [4.69, 9.17) is 4.74 Å². The van der Waals surface area contributed by atoms with Crippen LogP contribution in [0.2, 0.25) is 0 Å². The number of hydrogen-bond acceptors (Lipinski definition) is 10. The summed E-state index contributed by atoms with van der Waals surface area (Å²) in [5, 5.41) is 37.1. The fraction of sp³-hybridized carbons (Fsp3) is 0.385. The number of phenols is 2. The number of likely N-dealkylation sites (N-methyl/N-ethyl adjacent to an activating group) is 1. The van der Waals surface area contributed by atoms with E-state index in [1.54, 1.807) is 12.1 Å². The predicted octanol–water partition coefficient (Wildman–Crippen LogP) is 0.875. The number of benzene rings is 2. The molecule has 10 nitrogen and oxygen atoms in total. The average Bonchev–Trinajstić information content (AvgIpc) is 2.82. The van der Waals surface area contributed by atoms with Gasteiger partial charge in [0.1, 0.15) is 17.1 Å². The largest absolute Gasteiger partial charge is 0.507 e. The first-order valence-corrected chi connectivity index (χ1v) is 11.5. The zero-order valence-corrected chi connectivity index (χ0v) is 20.3. The number of rotatable bonds is 7. The van der Waals surface area contributed by atoms with Gasteiger partial charge in [-0.25, -0.2) is 0 Å². The molecule has 190 valence electrons. The van der Waals surface area contributed by atoms with Crippen LogP contribution in [0.3, 0.4) is 0 Å². The molecule has 0 bridgehead atoms. The number of fused-ring (bicyclic) bond motifs is 3. The minimum absolute atomic E-state index is 0.0148. The third kappa shape index (κ3) is 4.27. The monoisotopic (exact) mass is 496 g/mol. The van der Waals surface area contributed by atoms with Crippen molar-refractivity contribution in [3.8, 4) is 11.5 Å². The van der Waals surface area contributed by atoms with Gasteiger partial charge in [-0.15, -0.1) is 0 Å². The van der Waals surface area contributed by atoms with Crippen LogP contribution >= 0.6 is 0 Å². The molecule has 0 spiro atoms. The Morgan fingerprint density at radius 2 is 1.67 bits per heavy atom. The fourth-order valence-electron chi connectivity index (χ4n) is 4.89. The average molecular weight is 497 g/mol. The van der Waals surface area contributed by atoms with E-state index in [9.17, 15) is 34.5 Å². The Morgan fingerprint density at radius 3 is 2.22 bits per heavy atom. The second-order valence-electron chi connectivity index (χ2n) is 9.47. The molecule has 0 saturated heterocycles. The topological polar surface area (TPSA) is 153 Å². The zero-order valence-electron chi connectivity index (χ0n) is 20.3. The van der Waals surface area contributed by atoms with Gasteiger partial charge in [0.2, 0.25) is 5.78 Å². The van der Waals surface area contributed by atoms with Crippen molar-refractivity contribution in [3.05, 3.63) is 57.6 Å². The number of carbonyl (C=O) groups excluding carboxylic acids is 4. The van der Waals surface area contributed by atoms with Gasteiger partial charge < -0.3 is 30.3 Å². The van der Waals surface area contributed by atoms with Gasteiger partial charge >= 0.3 is 5.97 Å². The molecular weight excluding hydrogens is 468 g/mol. The highest BCUT2D eigenvalue weighted by molar-refractivity contribution is 6.30. The van der Waals surface area contributed by atoms with E-state index in [0.717, 1.165) is 6.92 Å². The molecule has 0 radical (unpaired) electrons. The second-order valence-corrected chi connectivity index (χ2v) is 9.47. The number of esters is 1. The third-order valence-corrected chi connectivity index (χ3v) is 6.69. The quantitative estimate of drug-likeness (QED) is 0.274. The summed E-state index contributed by atoms with van der Waals surface area (Å²) in [7, 11) is 3.72. The highest BCUT2D eigenvalue weighted by Gasteiger charge is 2.48. The van der Waals surface area contributed by atoms with Crippen LogP contribution in [-0.2, 0) is 20.7 Å². The molecule has 4 rings (SSSR count). The van der Waals surface area contributed by atoms with E-state index in [0.29, 0.717) is 13.1 Å². The Balaban J connectivity index is 1.86. The van der Waals surface area contributed by atoms with Crippen LogP contribution in [0.4, 0.5) is 0 Å². The van der Waals surface area contributed by atoms with E-state index < -0.39 is 59.5 Å². The van der Waals surface area contributed by atoms with Gasteiger partial charge in [-0.1, -0.05) is 24.3 Å². The minimum atomic E-state index is -2.06. The van der Waals surface area contributed by atoms with E-state index in [1.807, 2.05) is 19.0 Å². The molecule has 2 aliphatic carbocycles. The van der Waals surface area contributed by atoms with Crippen LogP contribution in [-0.4, -0.2) is 82.9 Å². The Morgan fingerprint density at radius 1 is 1.08 bits per heavy atom. The SMILES string of the molecule is CC(=O)OCC(=O)C1(O)Cc2c(O)c3c(c(O)c2C(NCCN(C)C)C1)C(=O)c1ccccc1C3=O. The van der Waals surface area contributed by atoms with E-state index in [2.05, 4.69) is 5.32 Å². The molecule has 2 aromatic rings. The van der Waals surface area contributed by atoms with Crippen molar-refractivity contribution in [1.82, 2.24) is 10.2 Å². The molecule has 0 aliphatic heterocycles. The molecule has 2 aliphatic rings. The molecule has 0 aromatic heterocycles. The van der Waals surface area contributed by atoms with Gasteiger partial charge in [0, 0.05) is 61.2 Å². The highest BCUT2D eigenvalue weighted by atomic mass is 16.5. The maximum Gasteiger partial charge on any atom is 0.303 e. The summed E-state index contributed by atoms with van der Waals surface area (Å²) in [4.78, 5) is 52.6. The number of hydrogen-bond donors (Lipinski definition) is 4. The number of nitrogens with zero attached hydrogens (tertiary/aromatic N) is 1. The number of ether oxygens (including phenoxy) is 1. The number of aromatic hydroxyl groups is 2. The zero-order chi connectivity index (χ0) is 26.4. The third-order valence-electron chi connectivity index (χ3n) is 6.69. The summed E-state index contributed by atoms with van der Waals surface area (Å²) in [5.41, 5.74) is -2.39. The first kappa shape index (κ1) is 25.5. The number of Topliss-reactive ketones (excluding diaryl/α,β-unsaturated/α-hetero) is 1. The van der Waals surface area contributed by atoms with Crippen molar-refractivity contribution in [2.75, 3.05) is 33.8 Å². The lowest BCUT2D eigenvalue weighted by atomic mass is 9.71. The molecule has 10 heteroatoms. The molecule has 4 N–H and O–H groups in total. The Labute approximate surface area is 207 Å². The highest BCUT2D eigenvalue weighted by Crippen LogP contribution is 2.50. The second kappa shape index (κ2) is 9.45.